The second-order valence-corrected chi connectivity index (χ2v) is 8.05. The standard InChI is InChI=1S/C13H23F6N5O2S.HI/c1-20-11(21-5-8-23(2)9-12(14,15)16)22-10-3-6-24(7-4-10)27(25,26)13(17,18)19;/h10H,3-9H2,1-2H3,(H2,20,21,22);1H. The van der Waals surface area contributed by atoms with Crippen molar-refractivity contribution in [2.24, 2.45) is 4.99 Å². The van der Waals surface area contributed by atoms with Crippen LogP contribution in [-0.4, -0.2) is 88.1 Å². The van der Waals surface area contributed by atoms with Gasteiger partial charge in [0.25, 0.3) is 0 Å². The summed E-state index contributed by atoms with van der Waals surface area (Å²) in [7, 11) is -2.57. The first kappa shape index (κ1) is 27.5. The molecule has 1 saturated heterocycles. The van der Waals surface area contributed by atoms with Crippen molar-refractivity contribution in [1.82, 2.24) is 19.8 Å². The Hall–Kier alpha value is -0.550. The van der Waals surface area contributed by atoms with E-state index >= 15 is 0 Å². The summed E-state index contributed by atoms with van der Waals surface area (Å²) in [5, 5.41) is 5.75. The lowest BCUT2D eigenvalue weighted by Gasteiger charge is -2.32. The molecule has 0 spiro atoms. The normalized spacial score (nSPS) is 18.1. The lowest BCUT2D eigenvalue weighted by atomic mass is 10.1. The predicted octanol–water partition coefficient (Wildman–Crippen LogP) is 1.58. The number of nitrogens with zero attached hydrogens (tertiary/aromatic N) is 3. The van der Waals surface area contributed by atoms with Gasteiger partial charge in [-0.25, -0.2) is 8.42 Å². The highest BCUT2D eigenvalue weighted by Gasteiger charge is 2.50. The van der Waals surface area contributed by atoms with E-state index in [2.05, 4.69) is 15.6 Å². The molecule has 0 unspecified atom stereocenters. The second-order valence-electron chi connectivity index (χ2n) is 6.12. The molecular weight excluding hydrogens is 531 g/mol. The van der Waals surface area contributed by atoms with E-state index in [0.29, 0.717) is 4.31 Å². The number of hydrogen-bond donors (Lipinski definition) is 2. The molecule has 0 atom stereocenters. The predicted molar refractivity (Wildman–Crippen MR) is 103 cm³/mol. The molecule has 0 saturated carbocycles. The van der Waals surface area contributed by atoms with Crippen molar-refractivity contribution in [2.45, 2.75) is 30.6 Å². The van der Waals surface area contributed by atoms with Crippen LogP contribution in [0, 0.1) is 0 Å². The zero-order chi connectivity index (χ0) is 20.9. The summed E-state index contributed by atoms with van der Waals surface area (Å²) in [6, 6.07) is -0.302. The van der Waals surface area contributed by atoms with Gasteiger partial charge in [0.1, 0.15) is 0 Å². The Morgan fingerprint density at radius 3 is 2.14 bits per heavy atom. The van der Waals surface area contributed by atoms with Crippen molar-refractivity contribution in [1.29, 1.82) is 0 Å². The van der Waals surface area contributed by atoms with Crippen LogP contribution < -0.4 is 10.6 Å². The van der Waals surface area contributed by atoms with Crippen LogP contribution in [0.1, 0.15) is 12.8 Å². The third kappa shape index (κ3) is 8.86. The van der Waals surface area contributed by atoms with Crippen molar-refractivity contribution in [2.75, 3.05) is 46.8 Å². The monoisotopic (exact) mass is 555 g/mol. The number of aliphatic imine (C=N–C) groups is 1. The first-order valence-corrected chi connectivity index (χ1v) is 9.49. The molecule has 28 heavy (non-hydrogen) atoms. The van der Waals surface area contributed by atoms with E-state index in [1.165, 1.54) is 14.1 Å². The summed E-state index contributed by atoms with van der Waals surface area (Å²) in [6.45, 7) is -1.35. The molecule has 1 heterocycles. The molecule has 1 fully saturated rings. The van der Waals surface area contributed by atoms with Gasteiger partial charge in [-0.1, -0.05) is 0 Å². The number of nitrogens with one attached hydrogen (secondary N) is 2. The lowest BCUT2D eigenvalue weighted by molar-refractivity contribution is -0.142. The van der Waals surface area contributed by atoms with Crippen LogP contribution in [0.25, 0.3) is 0 Å². The summed E-state index contributed by atoms with van der Waals surface area (Å²) in [5.74, 6) is 0.285. The fourth-order valence-corrected chi connectivity index (χ4v) is 3.51. The minimum absolute atomic E-state index is 0. The van der Waals surface area contributed by atoms with Gasteiger partial charge in [0, 0.05) is 39.3 Å². The summed E-state index contributed by atoms with van der Waals surface area (Å²) >= 11 is 0. The van der Waals surface area contributed by atoms with Crippen LogP contribution in [0.15, 0.2) is 4.99 Å². The molecule has 2 N–H and O–H groups in total. The Labute approximate surface area is 177 Å². The van der Waals surface area contributed by atoms with Gasteiger partial charge >= 0.3 is 21.7 Å². The molecule has 15 heteroatoms. The summed E-state index contributed by atoms with van der Waals surface area (Å²) in [5.41, 5.74) is -5.33. The molecule has 1 rings (SSSR count). The molecule has 0 aromatic carbocycles. The van der Waals surface area contributed by atoms with Crippen molar-refractivity contribution in [3.05, 3.63) is 0 Å². The number of likely N-dealkylation sites (N-methyl/N-ethyl adjacent to an activating group) is 1. The molecule has 0 amide bonds. The van der Waals surface area contributed by atoms with Crippen molar-refractivity contribution < 1.29 is 34.8 Å². The summed E-state index contributed by atoms with van der Waals surface area (Å²) < 4.78 is 97.4. The van der Waals surface area contributed by atoms with Crippen LogP contribution in [0.5, 0.6) is 0 Å². The molecule has 1 aliphatic rings. The van der Waals surface area contributed by atoms with Gasteiger partial charge in [-0.05, 0) is 19.9 Å². The summed E-state index contributed by atoms with van der Waals surface area (Å²) in [4.78, 5) is 4.99. The topological polar surface area (TPSA) is 77.0 Å². The lowest BCUT2D eigenvalue weighted by Crippen LogP contribution is -2.52. The van der Waals surface area contributed by atoms with Crippen molar-refractivity contribution >= 4 is 40.0 Å². The maximum atomic E-state index is 12.5. The van der Waals surface area contributed by atoms with Gasteiger partial charge in [0.2, 0.25) is 0 Å². The number of hydrogen-bond acceptors (Lipinski definition) is 4. The van der Waals surface area contributed by atoms with Gasteiger partial charge in [0.05, 0.1) is 6.54 Å². The van der Waals surface area contributed by atoms with E-state index < -0.39 is 28.3 Å². The molecule has 1 aliphatic heterocycles. The Morgan fingerprint density at radius 1 is 1.18 bits per heavy atom. The minimum Gasteiger partial charge on any atom is -0.355 e. The van der Waals surface area contributed by atoms with Gasteiger partial charge in [-0.3, -0.25) is 9.89 Å². The first-order chi connectivity index (χ1) is 12.3. The smallest absolute Gasteiger partial charge is 0.355 e. The van der Waals surface area contributed by atoms with Crippen LogP contribution >= 0.6 is 24.0 Å². The Bertz CT molecular complexity index is 606. The molecule has 0 aromatic heterocycles. The maximum Gasteiger partial charge on any atom is 0.511 e. The Morgan fingerprint density at radius 2 is 1.71 bits per heavy atom. The zero-order valence-corrected chi connectivity index (χ0v) is 18.4. The highest BCUT2D eigenvalue weighted by Crippen LogP contribution is 2.28. The molecule has 7 nitrogen and oxygen atoms in total. The van der Waals surface area contributed by atoms with Crippen LogP contribution in [0.2, 0.25) is 0 Å². The van der Waals surface area contributed by atoms with E-state index in [9.17, 15) is 34.8 Å². The van der Waals surface area contributed by atoms with Crippen LogP contribution in [-0.2, 0) is 10.0 Å². The quantitative estimate of drug-likeness (QED) is 0.226. The molecular formula is C13H24F6IN5O2S. The number of sulfonamides is 1. The van der Waals surface area contributed by atoms with Gasteiger partial charge in [0.15, 0.2) is 5.96 Å². The first-order valence-electron chi connectivity index (χ1n) is 8.05. The number of guanidine groups is 1. The molecule has 0 aliphatic carbocycles. The average molecular weight is 555 g/mol. The molecule has 168 valence electrons. The molecule has 0 radical (unpaired) electrons. The van der Waals surface area contributed by atoms with Gasteiger partial charge in [-0.15, -0.1) is 24.0 Å². The molecule has 0 bridgehead atoms. The maximum absolute atomic E-state index is 12.5. The highest BCUT2D eigenvalue weighted by molar-refractivity contribution is 14.0. The Kier molecular flexibility index (Phi) is 10.8. The third-order valence-corrected chi connectivity index (χ3v) is 5.52. The third-order valence-electron chi connectivity index (χ3n) is 3.89. The number of rotatable bonds is 6. The van der Waals surface area contributed by atoms with Crippen molar-refractivity contribution in [3.8, 4) is 0 Å². The zero-order valence-electron chi connectivity index (χ0n) is 15.3. The van der Waals surface area contributed by atoms with E-state index in [-0.39, 0.29) is 75.0 Å². The second kappa shape index (κ2) is 11.0. The van der Waals surface area contributed by atoms with E-state index in [1.54, 1.807) is 0 Å². The van der Waals surface area contributed by atoms with Crippen LogP contribution in [0.3, 0.4) is 0 Å². The van der Waals surface area contributed by atoms with E-state index in [1.807, 2.05) is 0 Å². The van der Waals surface area contributed by atoms with Crippen molar-refractivity contribution in [3.63, 3.8) is 0 Å². The van der Waals surface area contributed by atoms with Gasteiger partial charge in [-0.2, -0.15) is 30.6 Å². The minimum atomic E-state index is -5.33. The fourth-order valence-electron chi connectivity index (χ4n) is 2.53. The van der Waals surface area contributed by atoms with E-state index in [0.717, 1.165) is 4.90 Å². The van der Waals surface area contributed by atoms with E-state index in [4.69, 9.17) is 0 Å². The molecule has 0 aromatic rings. The Balaban J connectivity index is 0.00000729. The average Bonchev–Trinajstić information content (AvgIpc) is 2.51. The number of piperidine rings is 1. The fraction of sp³-hybridized carbons (Fsp3) is 0.923. The highest BCUT2D eigenvalue weighted by atomic mass is 127. The number of halogens is 7. The summed E-state index contributed by atoms with van der Waals surface area (Å²) in [6.07, 6.45) is -4.01. The number of alkyl halides is 6. The van der Waals surface area contributed by atoms with Crippen LogP contribution in [0.4, 0.5) is 26.3 Å². The largest absolute Gasteiger partial charge is 0.511 e. The van der Waals surface area contributed by atoms with Gasteiger partial charge < -0.3 is 10.6 Å². The SMILES string of the molecule is CN=C(NCCN(C)CC(F)(F)F)NC1CCN(S(=O)(=O)C(F)(F)F)CC1.I.